The average molecular weight is 419 g/mol. The van der Waals surface area contributed by atoms with E-state index in [0.29, 0.717) is 43.7 Å². The highest BCUT2D eigenvalue weighted by atomic mass is 35.5. The van der Waals surface area contributed by atoms with Gasteiger partial charge in [0, 0.05) is 38.9 Å². The largest absolute Gasteiger partial charge is 0.345 e. The number of hydrogen-bond acceptors (Lipinski definition) is 4. The molecule has 3 atom stereocenters. The third-order valence-electron chi connectivity index (χ3n) is 5.71. The number of aromatic nitrogens is 1. The first-order valence-corrected chi connectivity index (χ1v) is 10.9. The Balaban J connectivity index is 0.00000261. The normalized spacial score (nSPS) is 26.8. The minimum atomic E-state index is -3.56. The van der Waals surface area contributed by atoms with Gasteiger partial charge in [0.25, 0.3) is 5.91 Å². The van der Waals surface area contributed by atoms with E-state index < -0.39 is 10.0 Å². The number of piperidine rings is 1. The fourth-order valence-corrected chi connectivity index (χ4v) is 5.82. The Labute approximate surface area is 168 Å². The van der Waals surface area contributed by atoms with Crippen molar-refractivity contribution < 1.29 is 13.2 Å². The van der Waals surface area contributed by atoms with Gasteiger partial charge in [-0.1, -0.05) is 6.92 Å². The summed E-state index contributed by atoms with van der Waals surface area (Å²) in [6, 6.07) is 1.65. The van der Waals surface area contributed by atoms with Gasteiger partial charge in [-0.15, -0.1) is 12.4 Å². The molecule has 2 aliphatic rings. The maximum Gasteiger partial charge on any atom is 0.270 e. The van der Waals surface area contributed by atoms with E-state index >= 15 is 0 Å². The molecule has 0 radical (unpaired) electrons. The molecule has 3 rings (SSSR count). The lowest BCUT2D eigenvalue weighted by Crippen LogP contribution is -2.38. The summed E-state index contributed by atoms with van der Waals surface area (Å²) < 4.78 is 29.1. The molecular formula is C18H31ClN4O3S. The van der Waals surface area contributed by atoms with Crippen LogP contribution >= 0.6 is 12.4 Å². The first-order valence-electron chi connectivity index (χ1n) is 9.41. The topological polar surface area (TPSA) is 88.6 Å². The van der Waals surface area contributed by atoms with Gasteiger partial charge < -0.3 is 15.2 Å². The van der Waals surface area contributed by atoms with Crippen molar-refractivity contribution in [1.29, 1.82) is 0 Å². The van der Waals surface area contributed by atoms with E-state index in [1.165, 1.54) is 6.07 Å². The standard InChI is InChI=1S/C18H30N4O3S.ClH/c1-13-5-4-6-21(10-13)26(24,25)16-8-17(20(3)12-16)18(23)22-11-15(9-19)7-14(22)2;/h8,12-15H,4-7,9-11,19H2,1-3H3;1H. The van der Waals surface area contributed by atoms with Crippen LogP contribution in [0.3, 0.4) is 0 Å². The summed E-state index contributed by atoms with van der Waals surface area (Å²) >= 11 is 0. The van der Waals surface area contributed by atoms with E-state index in [9.17, 15) is 13.2 Å². The van der Waals surface area contributed by atoms with Crippen molar-refractivity contribution in [2.75, 3.05) is 26.2 Å². The van der Waals surface area contributed by atoms with Crippen LogP contribution < -0.4 is 5.73 Å². The molecule has 154 valence electrons. The van der Waals surface area contributed by atoms with Gasteiger partial charge in [-0.2, -0.15) is 4.31 Å². The predicted octanol–water partition coefficient (Wildman–Crippen LogP) is 1.68. The maximum atomic E-state index is 13.0. The number of carbonyl (C=O) groups is 1. The molecule has 2 N–H and O–H groups in total. The highest BCUT2D eigenvalue weighted by Crippen LogP contribution is 2.27. The Morgan fingerprint density at radius 1 is 1.30 bits per heavy atom. The van der Waals surface area contributed by atoms with Crippen molar-refractivity contribution in [2.45, 2.75) is 44.0 Å². The van der Waals surface area contributed by atoms with Crippen LogP contribution in [0, 0.1) is 11.8 Å². The van der Waals surface area contributed by atoms with Crippen LogP contribution in [0.15, 0.2) is 17.2 Å². The fraction of sp³-hybridized carbons (Fsp3) is 0.722. The van der Waals surface area contributed by atoms with Gasteiger partial charge in [-0.25, -0.2) is 8.42 Å². The maximum absolute atomic E-state index is 13.0. The SMILES string of the molecule is CC1CCCN(S(=O)(=O)c2cc(C(=O)N3CC(CN)CC3C)n(C)c2)C1.Cl. The molecular weight excluding hydrogens is 388 g/mol. The number of halogens is 1. The van der Waals surface area contributed by atoms with Crippen LogP contribution in [-0.4, -0.2) is 60.3 Å². The van der Waals surface area contributed by atoms with Gasteiger partial charge in [-0.05, 0) is 50.6 Å². The molecule has 2 fully saturated rings. The van der Waals surface area contributed by atoms with Gasteiger partial charge >= 0.3 is 0 Å². The second kappa shape index (κ2) is 8.51. The Hall–Kier alpha value is -1.09. The van der Waals surface area contributed by atoms with Crippen LogP contribution in [0.25, 0.3) is 0 Å². The molecule has 0 aliphatic carbocycles. The lowest BCUT2D eigenvalue weighted by atomic mass is 10.0. The molecule has 2 aliphatic heterocycles. The number of nitrogens with two attached hydrogens (primary N) is 1. The number of carbonyl (C=O) groups excluding carboxylic acids is 1. The van der Waals surface area contributed by atoms with E-state index in [4.69, 9.17) is 5.73 Å². The van der Waals surface area contributed by atoms with E-state index in [2.05, 4.69) is 6.92 Å². The summed E-state index contributed by atoms with van der Waals surface area (Å²) in [5.74, 6) is 0.554. The molecule has 1 aromatic rings. The van der Waals surface area contributed by atoms with E-state index in [1.807, 2.05) is 11.8 Å². The predicted molar refractivity (Wildman–Crippen MR) is 107 cm³/mol. The second-order valence-electron chi connectivity index (χ2n) is 7.93. The highest BCUT2D eigenvalue weighted by Gasteiger charge is 2.35. The van der Waals surface area contributed by atoms with Crippen molar-refractivity contribution >= 4 is 28.3 Å². The number of rotatable bonds is 4. The number of nitrogens with zero attached hydrogens (tertiary/aromatic N) is 3. The van der Waals surface area contributed by atoms with Crippen LogP contribution in [0.5, 0.6) is 0 Å². The van der Waals surface area contributed by atoms with E-state index in [1.54, 1.807) is 22.1 Å². The lowest BCUT2D eigenvalue weighted by molar-refractivity contribution is 0.0733. The molecule has 1 amide bonds. The number of sulfonamides is 1. The summed E-state index contributed by atoms with van der Waals surface area (Å²) in [6.07, 6.45) is 4.39. The Morgan fingerprint density at radius 2 is 2.00 bits per heavy atom. The van der Waals surface area contributed by atoms with Gasteiger partial charge in [-0.3, -0.25) is 4.79 Å². The molecule has 9 heteroatoms. The van der Waals surface area contributed by atoms with E-state index in [-0.39, 0.29) is 29.3 Å². The number of likely N-dealkylation sites (tertiary alicyclic amines) is 1. The first kappa shape index (κ1) is 22.2. The van der Waals surface area contributed by atoms with Gasteiger partial charge in [0.1, 0.15) is 10.6 Å². The minimum Gasteiger partial charge on any atom is -0.345 e. The van der Waals surface area contributed by atoms with Crippen molar-refractivity contribution in [3.8, 4) is 0 Å². The van der Waals surface area contributed by atoms with Gasteiger partial charge in [0.15, 0.2) is 0 Å². The molecule has 1 aromatic heterocycles. The molecule has 2 saturated heterocycles. The van der Waals surface area contributed by atoms with Crippen LogP contribution in [0.2, 0.25) is 0 Å². The summed E-state index contributed by atoms with van der Waals surface area (Å²) in [7, 11) is -1.83. The second-order valence-corrected chi connectivity index (χ2v) is 9.86. The quantitative estimate of drug-likeness (QED) is 0.805. The lowest BCUT2D eigenvalue weighted by Gasteiger charge is -2.29. The Kier molecular flexibility index (Phi) is 7.00. The van der Waals surface area contributed by atoms with E-state index in [0.717, 1.165) is 19.3 Å². The highest BCUT2D eigenvalue weighted by molar-refractivity contribution is 7.89. The minimum absolute atomic E-state index is 0. The summed E-state index contributed by atoms with van der Waals surface area (Å²) in [4.78, 5) is 15.0. The zero-order valence-corrected chi connectivity index (χ0v) is 17.9. The number of amides is 1. The zero-order chi connectivity index (χ0) is 19.1. The molecule has 0 saturated carbocycles. The van der Waals surface area contributed by atoms with Crippen LogP contribution in [0.1, 0.15) is 43.6 Å². The van der Waals surface area contributed by atoms with Crippen molar-refractivity contribution in [2.24, 2.45) is 24.6 Å². The zero-order valence-electron chi connectivity index (χ0n) is 16.3. The molecule has 7 nitrogen and oxygen atoms in total. The molecule has 3 unspecified atom stereocenters. The van der Waals surface area contributed by atoms with Crippen LogP contribution in [0.4, 0.5) is 0 Å². The van der Waals surface area contributed by atoms with Crippen molar-refractivity contribution in [3.05, 3.63) is 18.0 Å². The third-order valence-corrected chi connectivity index (χ3v) is 7.54. The van der Waals surface area contributed by atoms with Gasteiger partial charge in [0.2, 0.25) is 10.0 Å². The molecule has 0 spiro atoms. The Morgan fingerprint density at radius 3 is 2.59 bits per heavy atom. The smallest absolute Gasteiger partial charge is 0.270 e. The third kappa shape index (κ3) is 4.34. The van der Waals surface area contributed by atoms with Crippen molar-refractivity contribution in [3.63, 3.8) is 0 Å². The van der Waals surface area contributed by atoms with Crippen molar-refractivity contribution in [1.82, 2.24) is 13.8 Å². The first-order chi connectivity index (χ1) is 12.2. The number of hydrogen-bond donors (Lipinski definition) is 1. The average Bonchev–Trinajstić information content (AvgIpc) is 3.17. The van der Waals surface area contributed by atoms with Crippen LogP contribution in [-0.2, 0) is 17.1 Å². The summed E-state index contributed by atoms with van der Waals surface area (Å²) in [6.45, 7) is 6.38. The molecule has 0 aromatic carbocycles. The monoisotopic (exact) mass is 418 g/mol. The summed E-state index contributed by atoms with van der Waals surface area (Å²) in [5, 5.41) is 0. The molecule has 3 heterocycles. The molecule has 27 heavy (non-hydrogen) atoms. The summed E-state index contributed by atoms with van der Waals surface area (Å²) in [5.41, 5.74) is 6.17. The number of aryl methyl sites for hydroxylation is 1. The van der Waals surface area contributed by atoms with Gasteiger partial charge in [0.05, 0.1) is 0 Å². The Bertz CT molecular complexity index is 780. The fourth-order valence-electron chi connectivity index (χ4n) is 4.14. The molecule has 0 bridgehead atoms.